The molecule has 1 rings (SSSR count). The van der Waals surface area contributed by atoms with E-state index in [4.69, 9.17) is 9.47 Å². The van der Waals surface area contributed by atoms with Crippen molar-refractivity contribution in [3.63, 3.8) is 0 Å². The minimum atomic E-state index is -0.639. The SMILES string of the molecule is CCOC(=O)C[C@@H](C)CC(=O)c1cccc(NC(=O)OC(C)(C)C)n1. The lowest BCUT2D eigenvalue weighted by atomic mass is 9.99. The molecule has 0 aliphatic rings. The molecule has 0 saturated carbocycles. The summed E-state index contributed by atoms with van der Waals surface area (Å²) in [4.78, 5) is 39.6. The molecule has 1 atom stereocenters. The number of ketones is 1. The largest absolute Gasteiger partial charge is 0.466 e. The highest BCUT2D eigenvalue weighted by molar-refractivity contribution is 5.95. The van der Waals surface area contributed by atoms with Gasteiger partial charge in [0.05, 0.1) is 6.61 Å². The molecule has 7 nitrogen and oxygen atoms in total. The Morgan fingerprint density at radius 3 is 2.48 bits per heavy atom. The third-order valence-electron chi connectivity index (χ3n) is 3.02. The smallest absolute Gasteiger partial charge is 0.413 e. The fourth-order valence-corrected chi connectivity index (χ4v) is 2.07. The van der Waals surface area contributed by atoms with Crippen LogP contribution in [-0.4, -0.2) is 35.0 Å². The Labute approximate surface area is 148 Å². The highest BCUT2D eigenvalue weighted by atomic mass is 16.6. The van der Waals surface area contributed by atoms with Crippen LogP contribution in [0.3, 0.4) is 0 Å². The molecule has 0 aromatic carbocycles. The zero-order valence-corrected chi connectivity index (χ0v) is 15.4. The first kappa shape index (κ1) is 20.6. The van der Waals surface area contributed by atoms with Gasteiger partial charge in [-0.25, -0.2) is 9.78 Å². The van der Waals surface area contributed by atoms with Gasteiger partial charge < -0.3 is 9.47 Å². The lowest BCUT2D eigenvalue weighted by Crippen LogP contribution is -2.27. The highest BCUT2D eigenvalue weighted by Crippen LogP contribution is 2.15. The van der Waals surface area contributed by atoms with E-state index < -0.39 is 11.7 Å². The Morgan fingerprint density at radius 1 is 1.20 bits per heavy atom. The molecule has 7 heteroatoms. The van der Waals surface area contributed by atoms with E-state index in [-0.39, 0.29) is 42.0 Å². The van der Waals surface area contributed by atoms with Crippen LogP contribution in [0.2, 0.25) is 0 Å². The molecule has 1 amide bonds. The average Bonchev–Trinajstić information content (AvgIpc) is 2.45. The molecule has 0 fully saturated rings. The van der Waals surface area contributed by atoms with Crippen molar-refractivity contribution in [2.75, 3.05) is 11.9 Å². The normalized spacial score (nSPS) is 12.2. The molecule has 25 heavy (non-hydrogen) atoms. The van der Waals surface area contributed by atoms with Gasteiger partial charge in [-0.1, -0.05) is 13.0 Å². The summed E-state index contributed by atoms with van der Waals surface area (Å²) in [6.07, 6.45) is -0.294. The second-order valence-electron chi connectivity index (χ2n) is 6.78. The van der Waals surface area contributed by atoms with Gasteiger partial charge in [-0.3, -0.25) is 14.9 Å². The first-order valence-corrected chi connectivity index (χ1v) is 8.26. The molecule has 1 aromatic rings. The lowest BCUT2D eigenvalue weighted by molar-refractivity contribution is -0.144. The van der Waals surface area contributed by atoms with E-state index in [1.54, 1.807) is 52.8 Å². The molecule has 1 N–H and O–H groups in total. The average molecular weight is 350 g/mol. The summed E-state index contributed by atoms with van der Waals surface area (Å²) in [7, 11) is 0. The third kappa shape index (κ3) is 8.28. The zero-order valence-electron chi connectivity index (χ0n) is 15.4. The van der Waals surface area contributed by atoms with E-state index in [0.29, 0.717) is 6.61 Å². The van der Waals surface area contributed by atoms with Crippen molar-refractivity contribution < 1.29 is 23.9 Å². The van der Waals surface area contributed by atoms with Crippen LogP contribution in [0.15, 0.2) is 18.2 Å². The molecule has 0 spiro atoms. The Morgan fingerprint density at radius 2 is 1.88 bits per heavy atom. The number of esters is 1. The summed E-state index contributed by atoms with van der Waals surface area (Å²) in [6, 6.07) is 4.77. The van der Waals surface area contributed by atoms with Crippen LogP contribution in [0.5, 0.6) is 0 Å². The van der Waals surface area contributed by atoms with Crippen LogP contribution in [-0.2, 0) is 14.3 Å². The maximum absolute atomic E-state index is 12.3. The van der Waals surface area contributed by atoms with Gasteiger partial charge >= 0.3 is 12.1 Å². The van der Waals surface area contributed by atoms with Crippen LogP contribution in [0.4, 0.5) is 10.6 Å². The number of nitrogens with one attached hydrogen (secondary N) is 1. The fraction of sp³-hybridized carbons (Fsp3) is 0.556. The predicted molar refractivity (Wildman–Crippen MR) is 93.5 cm³/mol. The van der Waals surface area contributed by atoms with Crippen LogP contribution in [0.1, 0.15) is 57.9 Å². The Kier molecular flexibility index (Phi) is 7.54. The molecule has 1 heterocycles. The number of rotatable bonds is 7. The number of carbonyl (C=O) groups is 3. The molecular formula is C18H26N2O5. The van der Waals surface area contributed by atoms with Crippen molar-refractivity contribution in [3.05, 3.63) is 23.9 Å². The molecule has 0 aliphatic heterocycles. The number of nitrogens with zero attached hydrogens (tertiary/aromatic N) is 1. The molecule has 0 unspecified atom stereocenters. The van der Waals surface area contributed by atoms with E-state index in [9.17, 15) is 14.4 Å². The van der Waals surface area contributed by atoms with Gasteiger partial charge in [0, 0.05) is 12.8 Å². The maximum Gasteiger partial charge on any atom is 0.413 e. The van der Waals surface area contributed by atoms with Crippen LogP contribution in [0, 0.1) is 5.92 Å². The molecule has 138 valence electrons. The molecule has 1 aromatic heterocycles. The van der Waals surface area contributed by atoms with Crippen LogP contribution < -0.4 is 5.32 Å². The van der Waals surface area contributed by atoms with E-state index in [1.807, 2.05) is 0 Å². The van der Waals surface area contributed by atoms with Crippen molar-refractivity contribution >= 4 is 23.7 Å². The number of carbonyl (C=O) groups excluding carboxylic acids is 3. The van der Waals surface area contributed by atoms with Crippen molar-refractivity contribution in [3.8, 4) is 0 Å². The zero-order chi connectivity index (χ0) is 19.0. The number of Topliss-reactive ketones (excluding diaryl/α,β-unsaturated/α-hetero) is 1. The van der Waals surface area contributed by atoms with Crippen molar-refractivity contribution in [1.82, 2.24) is 4.98 Å². The van der Waals surface area contributed by atoms with E-state index in [2.05, 4.69) is 10.3 Å². The maximum atomic E-state index is 12.3. The highest BCUT2D eigenvalue weighted by Gasteiger charge is 2.19. The van der Waals surface area contributed by atoms with Crippen LogP contribution in [0.25, 0.3) is 0 Å². The van der Waals surface area contributed by atoms with Gasteiger partial charge in [0.2, 0.25) is 0 Å². The summed E-state index contributed by atoms with van der Waals surface area (Å²) in [5, 5.41) is 2.50. The van der Waals surface area contributed by atoms with E-state index in [1.165, 1.54) is 0 Å². The topological polar surface area (TPSA) is 94.6 Å². The number of ether oxygens (including phenoxy) is 2. The van der Waals surface area contributed by atoms with E-state index in [0.717, 1.165) is 0 Å². The predicted octanol–water partition coefficient (Wildman–Crippen LogP) is 3.59. The molecule has 0 saturated heterocycles. The molecular weight excluding hydrogens is 324 g/mol. The summed E-state index contributed by atoms with van der Waals surface area (Å²) in [5.41, 5.74) is -0.399. The summed E-state index contributed by atoms with van der Waals surface area (Å²) in [5.74, 6) is -0.449. The standard InChI is InChI=1S/C18H26N2O5/c1-6-24-16(22)11-12(2)10-14(21)13-8-7-9-15(19-13)20-17(23)25-18(3,4)5/h7-9,12H,6,10-11H2,1-5H3,(H,19,20,23)/t12-/m0/s1. The first-order valence-electron chi connectivity index (χ1n) is 8.26. The van der Waals surface area contributed by atoms with Crippen LogP contribution >= 0.6 is 0 Å². The third-order valence-corrected chi connectivity index (χ3v) is 3.02. The second-order valence-corrected chi connectivity index (χ2v) is 6.78. The monoisotopic (exact) mass is 350 g/mol. The van der Waals surface area contributed by atoms with Crippen molar-refractivity contribution in [1.29, 1.82) is 0 Å². The minimum Gasteiger partial charge on any atom is -0.466 e. The Bertz CT molecular complexity index is 622. The van der Waals surface area contributed by atoms with Gasteiger partial charge in [-0.15, -0.1) is 0 Å². The van der Waals surface area contributed by atoms with E-state index >= 15 is 0 Å². The van der Waals surface area contributed by atoms with Gasteiger partial charge in [0.15, 0.2) is 5.78 Å². The van der Waals surface area contributed by atoms with Crippen molar-refractivity contribution in [2.45, 2.75) is 53.1 Å². The van der Waals surface area contributed by atoms with Gasteiger partial charge in [-0.05, 0) is 45.7 Å². The minimum absolute atomic E-state index is 0.157. The summed E-state index contributed by atoms with van der Waals surface area (Å²) >= 11 is 0. The number of anilines is 1. The Balaban J connectivity index is 2.65. The van der Waals surface area contributed by atoms with Gasteiger partial charge in [0.1, 0.15) is 17.1 Å². The summed E-state index contributed by atoms with van der Waals surface area (Å²) < 4.78 is 10.0. The molecule has 0 bridgehead atoms. The second kappa shape index (κ2) is 9.15. The fourth-order valence-electron chi connectivity index (χ4n) is 2.07. The number of aromatic nitrogens is 1. The quantitative estimate of drug-likeness (QED) is 0.596. The molecule has 0 aliphatic carbocycles. The first-order chi connectivity index (χ1) is 11.6. The number of pyridine rings is 1. The summed E-state index contributed by atoms with van der Waals surface area (Å²) in [6.45, 7) is 9.12. The molecule has 0 radical (unpaired) electrons. The number of amides is 1. The Hall–Kier alpha value is -2.44. The number of hydrogen-bond donors (Lipinski definition) is 1. The van der Waals surface area contributed by atoms with Crippen molar-refractivity contribution in [2.24, 2.45) is 5.92 Å². The van der Waals surface area contributed by atoms with Gasteiger partial charge in [-0.2, -0.15) is 0 Å². The van der Waals surface area contributed by atoms with Gasteiger partial charge in [0.25, 0.3) is 0 Å². The lowest BCUT2D eigenvalue weighted by Gasteiger charge is -2.19. The number of hydrogen-bond acceptors (Lipinski definition) is 6.